The van der Waals surface area contributed by atoms with E-state index >= 15 is 0 Å². The summed E-state index contributed by atoms with van der Waals surface area (Å²) in [5, 5.41) is 9.70. The second kappa shape index (κ2) is 8.76. The molecule has 2 aromatic carbocycles. The number of aliphatic hydroxyl groups is 1. The van der Waals surface area contributed by atoms with E-state index < -0.39 is 24.1 Å². The zero-order valence-corrected chi connectivity index (χ0v) is 16.4. The fraction of sp³-hybridized carbons (Fsp3) is 0.250. The highest BCUT2D eigenvalue weighted by molar-refractivity contribution is 5.92. The summed E-state index contributed by atoms with van der Waals surface area (Å²) in [6.45, 7) is 2.98. The molecule has 1 aliphatic heterocycles. The highest BCUT2D eigenvalue weighted by Gasteiger charge is 2.45. The number of benzene rings is 2. The van der Waals surface area contributed by atoms with Crippen LogP contribution in [0.15, 0.2) is 65.7 Å². The number of hydrogen-bond acceptors (Lipinski definition) is 5. The van der Waals surface area contributed by atoms with Gasteiger partial charge in [0.05, 0.1) is 12.2 Å². The number of allylic oxidation sites excluding steroid dienone is 1. The van der Waals surface area contributed by atoms with Gasteiger partial charge in [-0.3, -0.25) is 0 Å². The smallest absolute Gasteiger partial charge is 0.338 e. The second-order valence-electron chi connectivity index (χ2n) is 7.16. The Labute approximate surface area is 170 Å². The third-order valence-corrected chi connectivity index (χ3v) is 4.66. The standard InChI is InChI=1S/C24H22O5/c1-17(2)21-14-24(15-25,29-23(21)27)16-28-22(26)20-12-10-19(11-13-20)9-8-18-6-4-3-5-7-18/h3-7,10-13,25H,14-16H2,1-2H3. The van der Waals surface area contributed by atoms with Crippen molar-refractivity contribution in [3.8, 4) is 11.8 Å². The van der Waals surface area contributed by atoms with Crippen LogP contribution < -0.4 is 0 Å². The van der Waals surface area contributed by atoms with Gasteiger partial charge in [-0.15, -0.1) is 0 Å². The molecule has 0 aliphatic carbocycles. The van der Waals surface area contributed by atoms with Gasteiger partial charge in [0, 0.05) is 23.1 Å². The SMILES string of the molecule is CC(C)=C1CC(CO)(COC(=O)c2ccc(C#Cc3ccccc3)cc2)OC1=O. The maximum absolute atomic E-state index is 12.4. The van der Waals surface area contributed by atoms with Crippen LogP contribution in [0.5, 0.6) is 0 Å². The molecule has 2 aromatic rings. The van der Waals surface area contributed by atoms with Crippen molar-refractivity contribution in [2.24, 2.45) is 0 Å². The number of hydrogen-bond donors (Lipinski definition) is 1. The molecule has 0 saturated carbocycles. The molecule has 1 aliphatic rings. The molecule has 1 fully saturated rings. The number of ether oxygens (including phenoxy) is 2. The minimum absolute atomic E-state index is 0.208. The van der Waals surface area contributed by atoms with Gasteiger partial charge < -0.3 is 14.6 Å². The summed E-state index contributed by atoms with van der Waals surface area (Å²) in [7, 11) is 0. The van der Waals surface area contributed by atoms with Gasteiger partial charge >= 0.3 is 11.9 Å². The van der Waals surface area contributed by atoms with Crippen LogP contribution in [0.25, 0.3) is 0 Å². The molecule has 0 spiro atoms. The number of carbonyl (C=O) groups excluding carboxylic acids is 2. The molecule has 3 rings (SSSR count). The molecule has 1 unspecified atom stereocenters. The highest BCUT2D eigenvalue weighted by Crippen LogP contribution is 2.33. The quantitative estimate of drug-likeness (QED) is 0.493. The molecule has 29 heavy (non-hydrogen) atoms. The third-order valence-electron chi connectivity index (χ3n) is 4.66. The van der Waals surface area contributed by atoms with Gasteiger partial charge in [0.2, 0.25) is 0 Å². The minimum atomic E-state index is -1.22. The van der Waals surface area contributed by atoms with Crippen LogP contribution in [0, 0.1) is 11.8 Å². The van der Waals surface area contributed by atoms with Gasteiger partial charge in [0.25, 0.3) is 0 Å². The van der Waals surface area contributed by atoms with Crippen LogP contribution in [0.3, 0.4) is 0 Å². The molecule has 5 nitrogen and oxygen atoms in total. The molecule has 0 aromatic heterocycles. The predicted octanol–water partition coefficient (Wildman–Crippen LogP) is 3.26. The molecule has 0 radical (unpaired) electrons. The van der Waals surface area contributed by atoms with E-state index in [9.17, 15) is 14.7 Å². The third kappa shape index (κ3) is 4.92. The molecule has 1 heterocycles. The number of aliphatic hydroxyl groups excluding tert-OH is 1. The largest absolute Gasteiger partial charge is 0.458 e. The second-order valence-corrected chi connectivity index (χ2v) is 7.16. The van der Waals surface area contributed by atoms with Gasteiger partial charge in [0.1, 0.15) is 6.61 Å². The van der Waals surface area contributed by atoms with E-state index in [1.807, 2.05) is 30.3 Å². The van der Waals surface area contributed by atoms with Crippen LogP contribution in [0.2, 0.25) is 0 Å². The number of esters is 2. The van der Waals surface area contributed by atoms with E-state index in [0.29, 0.717) is 11.1 Å². The summed E-state index contributed by atoms with van der Waals surface area (Å²) in [4.78, 5) is 24.3. The van der Waals surface area contributed by atoms with E-state index in [2.05, 4.69) is 11.8 Å². The van der Waals surface area contributed by atoms with Crippen molar-refractivity contribution in [3.05, 3.63) is 82.4 Å². The monoisotopic (exact) mass is 390 g/mol. The lowest BCUT2D eigenvalue weighted by Crippen LogP contribution is -2.39. The molecule has 148 valence electrons. The highest BCUT2D eigenvalue weighted by atomic mass is 16.6. The molecule has 0 bridgehead atoms. The number of carbonyl (C=O) groups is 2. The van der Waals surface area contributed by atoms with E-state index in [4.69, 9.17) is 9.47 Å². The molecule has 1 atom stereocenters. The molecule has 0 amide bonds. The van der Waals surface area contributed by atoms with Gasteiger partial charge in [-0.25, -0.2) is 9.59 Å². The van der Waals surface area contributed by atoms with Crippen molar-refractivity contribution >= 4 is 11.9 Å². The summed E-state index contributed by atoms with van der Waals surface area (Å²) in [6, 6.07) is 16.4. The van der Waals surface area contributed by atoms with Gasteiger partial charge in [-0.1, -0.05) is 35.6 Å². The number of cyclic esters (lactones) is 1. The summed E-state index contributed by atoms with van der Waals surface area (Å²) >= 11 is 0. The minimum Gasteiger partial charge on any atom is -0.458 e. The first-order valence-electron chi connectivity index (χ1n) is 9.27. The van der Waals surface area contributed by atoms with Crippen LogP contribution >= 0.6 is 0 Å². The van der Waals surface area contributed by atoms with E-state index in [1.165, 1.54) is 0 Å². The Morgan fingerprint density at radius 1 is 1.07 bits per heavy atom. The Balaban J connectivity index is 1.63. The molecule has 5 heteroatoms. The summed E-state index contributed by atoms with van der Waals surface area (Å²) in [5.74, 6) is 5.07. The first kappa shape index (κ1) is 20.4. The van der Waals surface area contributed by atoms with Crippen molar-refractivity contribution in [3.63, 3.8) is 0 Å². The van der Waals surface area contributed by atoms with E-state index in [-0.39, 0.29) is 13.0 Å². The topological polar surface area (TPSA) is 72.8 Å². The molecular weight excluding hydrogens is 368 g/mol. The van der Waals surface area contributed by atoms with Crippen LogP contribution in [-0.2, 0) is 14.3 Å². The summed E-state index contributed by atoms with van der Waals surface area (Å²) in [6.07, 6.45) is 0.214. The first-order valence-corrected chi connectivity index (χ1v) is 9.27. The van der Waals surface area contributed by atoms with Crippen molar-refractivity contribution in [2.45, 2.75) is 25.9 Å². The first-order chi connectivity index (χ1) is 13.9. The zero-order valence-electron chi connectivity index (χ0n) is 16.4. The fourth-order valence-corrected chi connectivity index (χ4v) is 2.92. The van der Waals surface area contributed by atoms with Crippen molar-refractivity contribution in [1.29, 1.82) is 0 Å². The Kier molecular flexibility index (Phi) is 6.16. The van der Waals surface area contributed by atoms with Crippen molar-refractivity contribution in [2.75, 3.05) is 13.2 Å². The Morgan fingerprint density at radius 2 is 1.69 bits per heavy atom. The van der Waals surface area contributed by atoms with Gasteiger partial charge in [0.15, 0.2) is 5.60 Å². The van der Waals surface area contributed by atoms with Crippen LogP contribution in [0.1, 0.15) is 41.8 Å². The fourth-order valence-electron chi connectivity index (χ4n) is 2.92. The Hall–Kier alpha value is -3.36. The maximum atomic E-state index is 12.4. The van der Waals surface area contributed by atoms with Crippen molar-refractivity contribution < 1.29 is 24.2 Å². The molecule has 1 saturated heterocycles. The average molecular weight is 390 g/mol. The maximum Gasteiger partial charge on any atom is 0.338 e. The Bertz CT molecular complexity index is 989. The predicted molar refractivity (Wildman–Crippen MR) is 108 cm³/mol. The zero-order chi connectivity index (χ0) is 20.9. The van der Waals surface area contributed by atoms with E-state index in [1.54, 1.807) is 38.1 Å². The van der Waals surface area contributed by atoms with Crippen molar-refractivity contribution in [1.82, 2.24) is 0 Å². The van der Waals surface area contributed by atoms with E-state index in [0.717, 1.165) is 16.7 Å². The molecule has 1 N–H and O–H groups in total. The van der Waals surface area contributed by atoms with Crippen LogP contribution in [0.4, 0.5) is 0 Å². The summed E-state index contributed by atoms with van der Waals surface area (Å²) < 4.78 is 10.6. The average Bonchev–Trinajstić information content (AvgIpc) is 3.09. The Morgan fingerprint density at radius 3 is 2.24 bits per heavy atom. The lowest BCUT2D eigenvalue weighted by atomic mass is 9.97. The summed E-state index contributed by atoms with van der Waals surface area (Å²) in [5.41, 5.74) is 2.15. The van der Waals surface area contributed by atoms with Gasteiger partial charge in [-0.2, -0.15) is 0 Å². The van der Waals surface area contributed by atoms with Crippen LogP contribution in [-0.4, -0.2) is 35.9 Å². The van der Waals surface area contributed by atoms with Gasteiger partial charge in [-0.05, 0) is 50.2 Å². The lowest BCUT2D eigenvalue weighted by molar-refractivity contribution is -0.154. The molecular formula is C24H22O5. The lowest BCUT2D eigenvalue weighted by Gasteiger charge is -2.24. The normalized spacial score (nSPS) is 17.9. The number of rotatable bonds is 4.